The maximum atomic E-state index is 6.26. The summed E-state index contributed by atoms with van der Waals surface area (Å²) in [6.45, 7) is 5.22. The van der Waals surface area contributed by atoms with Crippen LogP contribution in [0, 0.1) is 0 Å². The van der Waals surface area contributed by atoms with Crippen molar-refractivity contribution < 1.29 is 0 Å². The molecule has 2 aliphatic heterocycles. The smallest absolute Gasteiger partial charge is 0.0542 e. The van der Waals surface area contributed by atoms with Crippen molar-refractivity contribution in [1.29, 1.82) is 0 Å². The van der Waals surface area contributed by atoms with Crippen LogP contribution in [0.3, 0.4) is 0 Å². The van der Waals surface area contributed by atoms with Gasteiger partial charge in [-0.05, 0) is 14.1 Å². The second-order valence-corrected chi connectivity index (χ2v) is 4.50. The fourth-order valence-corrected chi connectivity index (χ4v) is 2.60. The molecule has 2 N–H and O–H groups in total. The SMILES string of the molecule is CN1CN2CN(C)CC(N)(C1)C2. The highest BCUT2D eigenvalue weighted by Crippen LogP contribution is 2.18. The molecule has 0 aliphatic carbocycles. The second-order valence-electron chi connectivity index (χ2n) is 4.50. The third-order valence-corrected chi connectivity index (χ3v) is 2.59. The molecule has 70 valence electrons. The van der Waals surface area contributed by atoms with Crippen molar-refractivity contribution in [2.75, 3.05) is 47.1 Å². The monoisotopic (exact) mass is 170 g/mol. The second kappa shape index (κ2) is 2.67. The molecule has 0 aromatic heterocycles. The fraction of sp³-hybridized carbons (Fsp3) is 1.00. The fourth-order valence-electron chi connectivity index (χ4n) is 2.60. The minimum atomic E-state index is 0. The molecule has 0 aromatic carbocycles. The van der Waals surface area contributed by atoms with E-state index >= 15 is 0 Å². The van der Waals surface area contributed by atoms with Crippen molar-refractivity contribution >= 4 is 0 Å². The van der Waals surface area contributed by atoms with Gasteiger partial charge in [-0.1, -0.05) is 0 Å². The highest BCUT2D eigenvalue weighted by molar-refractivity contribution is 4.98. The van der Waals surface area contributed by atoms with E-state index in [4.69, 9.17) is 5.73 Å². The van der Waals surface area contributed by atoms with Gasteiger partial charge in [0.1, 0.15) is 0 Å². The van der Waals surface area contributed by atoms with Crippen molar-refractivity contribution in [2.24, 2.45) is 5.73 Å². The van der Waals surface area contributed by atoms with E-state index in [1.807, 2.05) is 0 Å². The summed E-state index contributed by atoms with van der Waals surface area (Å²) in [5.74, 6) is 0. The number of hydrogen-bond donors (Lipinski definition) is 1. The van der Waals surface area contributed by atoms with Crippen LogP contribution in [0.15, 0.2) is 0 Å². The van der Waals surface area contributed by atoms with Crippen LogP contribution in [-0.2, 0) is 0 Å². The lowest BCUT2D eigenvalue weighted by Gasteiger charge is -2.51. The van der Waals surface area contributed by atoms with Gasteiger partial charge in [-0.2, -0.15) is 0 Å². The Morgan fingerprint density at radius 3 is 1.92 bits per heavy atom. The van der Waals surface area contributed by atoms with Crippen LogP contribution in [-0.4, -0.2) is 67.3 Å². The van der Waals surface area contributed by atoms with E-state index in [9.17, 15) is 0 Å². The molecule has 0 amide bonds. The Kier molecular flexibility index (Phi) is 1.88. The van der Waals surface area contributed by atoms with E-state index in [1.54, 1.807) is 0 Å². The molecule has 2 bridgehead atoms. The lowest BCUT2D eigenvalue weighted by atomic mass is 9.95. The van der Waals surface area contributed by atoms with E-state index < -0.39 is 0 Å². The minimum absolute atomic E-state index is 0. The van der Waals surface area contributed by atoms with Crippen molar-refractivity contribution in [3.63, 3.8) is 0 Å². The third kappa shape index (κ3) is 1.47. The Labute approximate surface area is 73.9 Å². The highest BCUT2D eigenvalue weighted by Gasteiger charge is 2.39. The maximum absolute atomic E-state index is 6.26. The zero-order valence-corrected chi connectivity index (χ0v) is 7.95. The van der Waals surface area contributed by atoms with Crippen molar-refractivity contribution in [3.05, 3.63) is 0 Å². The Morgan fingerprint density at radius 2 is 1.50 bits per heavy atom. The number of nitrogens with two attached hydrogens (primary N) is 1. The van der Waals surface area contributed by atoms with E-state index in [0.29, 0.717) is 0 Å². The topological polar surface area (TPSA) is 35.7 Å². The molecular weight excluding hydrogens is 152 g/mol. The molecular formula is C8H18N4. The first-order valence-electron chi connectivity index (χ1n) is 4.46. The Balaban J connectivity index is 2.11. The first-order chi connectivity index (χ1) is 5.57. The molecule has 0 unspecified atom stereocenters. The molecule has 2 aliphatic rings. The summed E-state index contributed by atoms with van der Waals surface area (Å²) >= 11 is 0. The molecule has 2 saturated heterocycles. The largest absolute Gasteiger partial charge is 0.322 e. The average Bonchev–Trinajstić information content (AvgIpc) is 1.78. The average molecular weight is 170 g/mol. The van der Waals surface area contributed by atoms with E-state index in [0.717, 1.165) is 33.0 Å². The molecule has 0 saturated carbocycles. The van der Waals surface area contributed by atoms with Gasteiger partial charge in [0.2, 0.25) is 0 Å². The molecule has 0 radical (unpaired) electrons. The van der Waals surface area contributed by atoms with E-state index in [1.165, 1.54) is 0 Å². The van der Waals surface area contributed by atoms with Crippen molar-refractivity contribution in [3.8, 4) is 0 Å². The number of rotatable bonds is 0. The summed E-state index contributed by atoms with van der Waals surface area (Å²) < 4.78 is 0. The van der Waals surface area contributed by atoms with Gasteiger partial charge in [0.05, 0.1) is 18.9 Å². The number of likely N-dealkylation sites (N-methyl/N-ethyl adjacent to an activating group) is 2. The first kappa shape index (κ1) is 8.44. The molecule has 12 heavy (non-hydrogen) atoms. The lowest BCUT2D eigenvalue weighted by molar-refractivity contribution is -0.0383. The molecule has 0 atom stereocenters. The predicted octanol–water partition coefficient (Wildman–Crippen LogP) is -1.21. The van der Waals surface area contributed by atoms with Crippen molar-refractivity contribution in [1.82, 2.24) is 14.7 Å². The molecule has 4 nitrogen and oxygen atoms in total. The molecule has 4 heteroatoms. The molecule has 2 heterocycles. The minimum Gasteiger partial charge on any atom is -0.322 e. The zero-order valence-electron chi connectivity index (χ0n) is 7.95. The highest BCUT2D eigenvalue weighted by atomic mass is 15.4. The Morgan fingerprint density at radius 1 is 1.00 bits per heavy atom. The Hall–Kier alpha value is -0.160. The number of hydrogen-bond acceptors (Lipinski definition) is 4. The van der Waals surface area contributed by atoms with Crippen LogP contribution in [0.1, 0.15) is 0 Å². The predicted molar refractivity (Wildman–Crippen MR) is 48.6 cm³/mol. The Bertz CT molecular complexity index is 162. The summed E-state index contributed by atoms with van der Waals surface area (Å²) in [5.41, 5.74) is 6.26. The zero-order chi connectivity index (χ0) is 8.77. The number of nitrogens with zero attached hydrogens (tertiary/aromatic N) is 3. The summed E-state index contributed by atoms with van der Waals surface area (Å²) in [4.78, 5) is 7.00. The van der Waals surface area contributed by atoms with Gasteiger partial charge in [-0.3, -0.25) is 14.7 Å². The van der Waals surface area contributed by atoms with E-state index in [2.05, 4.69) is 28.8 Å². The van der Waals surface area contributed by atoms with Gasteiger partial charge in [-0.15, -0.1) is 0 Å². The van der Waals surface area contributed by atoms with Gasteiger partial charge in [0.15, 0.2) is 0 Å². The third-order valence-electron chi connectivity index (χ3n) is 2.59. The summed E-state index contributed by atoms with van der Waals surface area (Å²) in [6, 6.07) is 0. The maximum Gasteiger partial charge on any atom is 0.0542 e. The lowest BCUT2D eigenvalue weighted by Crippen LogP contribution is -2.71. The molecule has 0 aromatic rings. The molecule has 2 rings (SSSR count). The number of fused-ring (bicyclic) bond motifs is 2. The van der Waals surface area contributed by atoms with Crippen LogP contribution in [0.4, 0.5) is 0 Å². The van der Waals surface area contributed by atoms with Crippen LogP contribution in [0.25, 0.3) is 0 Å². The van der Waals surface area contributed by atoms with Crippen LogP contribution in [0.5, 0.6) is 0 Å². The normalized spacial score (nSPS) is 44.8. The molecule has 2 fully saturated rings. The quantitative estimate of drug-likeness (QED) is 0.495. The van der Waals surface area contributed by atoms with Crippen LogP contribution >= 0.6 is 0 Å². The van der Waals surface area contributed by atoms with Gasteiger partial charge in [0, 0.05) is 19.6 Å². The summed E-state index contributed by atoms with van der Waals surface area (Å²) in [7, 11) is 4.28. The first-order valence-corrected chi connectivity index (χ1v) is 4.46. The van der Waals surface area contributed by atoms with E-state index in [-0.39, 0.29) is 5.54 Å². The van der Waals surface area contributed by atoms with Crippen LogP contribution < -0.4 is 5.73 Å². The standard InChI is InChI=1S/C8H18N4/c1-10-3-8(9)4-11(2)7-12(5-8)6-10/h3-7,9H2,1-2H3. The van der Waals surface area contributed by atoms with Crippen LogP contribution in [0.2, 0.25) is 0 Å². The van der Waals surface area contributed by atoms with Gasteiger partial charge >= 0.3 is 0 Å². The molecule has 0 spiro atoms. The summed E-state index contributed by atoms with van der Waals surface area (Å²) in [6.07, 6.45) is 0. The van der Waals surface area contributed by atoms with Crippen molar-refractivity contribution in [2.45, 2.75) is 5.54 Å². The van der Waals surface area contributed by atoms with Gasteiger partial charge in [0.25, 0.3) is 0 Å². The van der Waals surface area contributed by atoms with Gasteiger partial charge in [-0.25, -0.2) is 0 Å². The summed E-state index contributed by atoms with van der Waals surface area (Å²) in [5, 5.41) is 0. The van der Waals surface area contributed by atoms with Gasteiger partial charge < -0.3 is 5.73 Å².